The minimum atomic E-state index is -3.69. The fraction of sp³-hybridized carbons (Fsp3) is 0.611. The molecule has 3 unspecified atom stereocenters. The molecule has 138 valence electrons. The summed E-state index contributed by atoms with van der Waals surface area (Å²) in [6.07, 6.45) is 1.45. The van der Waals surface area contributed by atoms with Crippen molar-refractivity contribution in [1.82, 2.24) is 13.9 Å². The number of rotatable bonds is 3. The number of benzene rings is 1. The summed E-state index contributed by atoms with van der Waals surface area (Å²) in [6, 6.07) is 7.06. The van der Waals surface area contributed by atoms with Crippen LogP contribution in [-0.4, -0.2) is 49.1 Å². The first-order valence-corrected chi connectivity index (χ1v) is 10.3. The van der Waals surface area contributed by atoms with E-state index in [4.69, 9.17) is 0 Å². The molecule has 1 N–H and O–H groups in total. The number of amides is 1. The highest BCUT2D eigenvalue weighted by atomic mass is 32.2. The highest BCUT2D eigenvalue weighted by Gasteiger charge is 2.42. The Bertz CT molecular complexity index is 740. The van der Waals surface area contributed by atoms with E-state index in [0.29, 0.717) is 31.3 Å². The minimum absolute atomic E-state index is 0.246. The van der Waals surface area contributed by atoms with E-state index >= 15 is 0 Å². The van der Waals surface area contributed by atoms with Gasteiger partial charge in [0.05, 0.1) is 0 Å². The van der Waals surface area contributed by atoms with Crippen molar-refractivity contribution in [2.24, 2.45) is 11.8 Å². The molecular formula is C18H27N3O3S. The number of hydrogen-bond donors (Lipinski definition) is 1. The van der Waals surface area contributed by atoms with Gasteiger partial charge in [-0.1, -0.05) is 38.1 Å². The minimum Gasteiger partial charge on any atom is -0.358 e. The fourth-order valence-electron chi connectivity index (χ4n) is 4.07. The van der Waals surface area contributed by atoms with Crippen molar-refractivity contribution in [3.8, 4) is 0 Å². The van der Waals surface area contributed by atoms with Crippen molar-refractivity contribution in [1.29, 1.82) is 0 Å². The molecule has 2 aliphatic heterocycles. The van der Waals surface area contributed by atoms with Crippen molar-refractivity contribution in [2.75, 3.05) is 20.1 Å². The molecule has 0 bridgehead atoms. The van der Waals surface area contributed by atoms with E-state index in [1.165, 1.54) is 4.31 Å². The summed E-state index contributed by atoms with van der Waals surface area (Å²) in [6.45, 7) is 5.45. The third-order valence-electron chi connectivity index (χ3n) is 5.21. The van der Waals surface area contributed by atoms with E-state index in [0.717, 1.165) is 17.5 Å². The van der Waals surface area contributed by atoms with Crippen molar-refractivity contribution < 1.29 is 13.2 Å². The second-order valence-corrected chi connectivity index (χ2v) is 9.30. The zero-order chi connectivity index (χ0) is 18.2. The largest absolute Gasteiger partial charge is 0.358 e. The fourth-order valence-corrected chi connectivity index (χ4v) is 6.05. The zero-order valence-corrected chi connectivity index (χ0v) is 15.9. The summed E-state index contributed by atoms with van der Waals surface area (Å²) < 4.78 is 29.6. The Balaban J connectivity index is 1.95. The predicted molar refractivity (Wildman–Crippen MR) is 97.0 cm³/mol. The molecule has 3 atom stereocenters. The maximum Gasteiger partial charge on any atom is 0.283 e. The van der Waals surface area contributed by atoms with E-state index in [9.17, 15) is 13.2 Å². The molecule has 1 aromatic carbocycles. The lowest BCUT2D eigenvalue weighted by Gasteiger charge is -2.41. The van der Waals surface area contributed by atoms with Crippen LogP contribution in [0.25, 0.3) is 0 Å². The maximum atomic E-state index is 13.3. The molecule has 25 heavy (non-hydrogen) atoms. The third kappa shape index (κ3) is 3.59. The highest BCUT2D eigenvalue weighted by Crippen LogP contribution is 2.30. The van der Waals surface area contributed by atoms with E-state index in [1.54, 1.807) is 11.4 Å². The number of piperidine rings is 1. The summed E-state index contributed by atoms with van der Waals surface area (Å²) >= 11 is 0. The van der Waals surface area contributed by atoms with Gasteiger partial charge in [-0.25, -0.2) is 0 Å². The van der Waals surface area contributed by atoms with Gasteiger partial charge in [0.2, 0.25) is 5.91 Å². The summed E-state index contributed by atoms with van der Waals surface area (Å²) in [5.41, 5.74) is 2.02. The van der Waals surface area contributed by atoms with Crippen LogP contribution in [0.1, 0.15) is 31.4 Å². The van der Waals surface area contributed by atoms with Crippen molar-refractivity contribution in [2.45, 2.75) is 39.3 Å². The second-order valence-electron chi connectivity index (χ2n) is 7.42. The van der Waals surface area contributed by atoms with E-state index in [1.807, 2.05) is 24.3 Å². The maximum absolute atomic E-state index is 13.3. The molecule has 0 radical (unpaired) electrons. The van der Waals surface area contributed by atoms with Gasteiger partial charge in [0, 0.05) is 26.7 Å². The molecule has 0 spiro atoms. The molecule has 2 heterocycles. The molecule has 1 aromatic rings. The molecule has 7 heteroatoms. The molecule has 0 aromatic heterocycles. The predicted octanol–water partition coefficient (Wildman–Crippen LogP) is 1.38. The summed E-state index contributed by atoms with van der Waals surface area (Å²) in [5.74, 6) is 0.402. The smallest absolute Gasteiger partial charge is 0.283 e. The van der Waals surface area contributed by atoms with Crippen molar-refractivity contribution >= 4 is 16.1 Å². The molecule has 1 amide bonds. The number of carbonyl (C=O) groups is 1. The lowest BCUT2D eigenvalue weighted by molar-refractivity contribution is -0.124. The number of nitrogens with one attached hydrogen (secondary N) is 1. The van der Waals surface area contributed by atoms with E-state index in [2.05, 4.69) is 19.2 Å². The Kier molecular flexibility index (Phi) is 5.18. The van der Waals surface area contributed by atoms with Gasteiger partial charge in [-0.3, -0.25) is 4.79 Å². The van der Waals surface area contributed by atoms with Crippen LogP contribution in [0, 0.1) is 11.8 Å². The van der Waals surface area contributed by atoms with Gasteiger partial charge in [-0.2, -0.15) is 17.0 Å². The van der Waals surface area contributed by atoms with Gasteiger partial charge in [-0.15, -0.1) is 0 Å². The van der Waals surface area contributed by atoms with Crippen LogP contribution < -0.4 is 5.32 Å². The van der Waals surface area contributed by atoms with Gasteiger partial charge in [0.15, 0.2) is 0 Å². The monoisotopic (exact) mass is 365 g/mol. The molecule has 2 aliphatic rings. The van der Waals surface area contributed by atoms with Crippen LogP contribution in [0.4, 0.5) is 0 Å². The van der Waals surface area contributed by atoms with Gasteiger partial charge < -0.3 is 5.32 Å². The SMILES string of the molecule is CNC(=O)C1Cc2ccccc2CN1S(=O)(=O)N1CC(C)CC(C)C1. The zero-order valence-electron chi connectivity index (χ0n) is 15.1. The lowest BCUT2D eigenvalue weighted by atomic mass is 9.94. The van der Waals surface area contributed by atoms with Crippen LogP contribution in [0.2, 0.25) is 0 Å². The average molecular weight is 365 g/mol. The van der Waals surface area contributed by atoms with Crippen molar-refractivity contribution in [3.63, 3.8) is 0 Å². The molecule has 1 saturated heterocycles. The Morgan fingerprint density at radius 3 is 2.32 bits per heavy atom. The Hall–Kier alpha value is -1.44. The topological polar surface area (TPSA) is 69.7 Å². The standard InChI is InChI=1S/C18H27N3O3S/c1-13-8-14(2)11-20(10-13)25(23,24)21-12-16-7-5-4-6-15(16)9-17(21)18(22)19-3/h4-7,13-14,17H,8-12H2,1-3H3,(H,19,22). The normalized spacial score (nSPS) is 28.4. The Morgan fingerprint density at radius 1 is 1.12 bits per heavy atom. The number of nitrogens with zero attached hydrogens (tertiary/aromatic N) is 2. The van der Waals surface area contributed by atoms with Gasteiger partial charge in [-0.05, 0) is 35.8 Å². The molecule has 0 saturated carbocycles. The number of hydrogen-bond acceptors (Lipinski definition) is 3. The second kappa shape index (κ2) is 7.05. The molecule has 3 rings (SSSR count). The first-order valence-electron chi connectivity index (χ1n) is 8.88. The number of likely N-dealkylation sites (N-methyl/N-ethyl adjacent to an activating group) is 1. The van der Waals surface area contributed by atoms with Crippen LogP contribution in [-0.2, 0) is 28.0 Å². The molecular weight excluding hydrogens is 338 g/mol. The number of fused-ring (bicyclic) bond motifs is 1. The van der Waals surface area contributed by atoms with Crippen LogP contribution >= 0.6 is 0 Å². The van der Waals surface area contributed by atoms with Crippen LogP contribution in [0.15, 0.2) is 24.3 Å². The van der Waals surface area contributed by atoms with Crippen LogP contribution in [0.5, 0.6) is 0 Å². The van der Waals surface area contributed by atoms with Crippen molar-refractivity contribution in [3.05, 3.63) is 35.4 Å². The Morgan fingerprint density at radius 2 is 1.72 bits per heavy atom. The third-order valence-corrected chi connectivity index (χ3v) is 7.14. The van der Waals surface area contributed by atoms with Crippen LogP contribution in [0.3, 0.4) is 0 Å². The summed E-state index contributed by atoms with van der Waals surface area (Å²) in [5, 5.41) is 2.62. The Labute approximate surface area is 150 Å². The molecule has 6 nitrogen and oxygen atoms in total. The van der Waals surface area contributed by atoms with E-state index in [-0.39, 0.29) is 12.5 Å². The highest BCUT2D eigenvalue weighted by molar-refractivity contribution is 7.86. The van der Waals surface area contributed by atoms with Gasteiger partial charge >= 0.3 is 0 Å². The van der Waals surface area contributed by atoms with Gasteiger partial charge in [0.25, 0.3) is 10.2 Å². The van der Waals surface area contributed by atoms with Gasteiger partial charge in [0.1, 0.15) is 6.04 Å². The lowest BCUT2D eigenvalue weighted by Crippen LogP contribution is -2.57. The quantitative estimate of drug-likeness (QED) is 0.880. The van der Waals surface area contributed by atoms with E-state index < -0.39 is 16.3 Å². The summed E-state index contributed by atoms with van der Waals surface area (Å²) in [4.78, 5) is 12.4. The summed E-state index contributed by atoms with van der Waals surface area (Å²) in [7, 11) is -2.14. The molecule has 1 fully saturated rings. The molecule has 0 aliphatic carbocycles. The first kappa shape index (κ1) is 18.4. The first-order chi connectivity index (χ1) is 11.8. The number of carbonyl (C=O) groups excluding carboxylic acids is 1. The average Bonchev–Trinajstić information content (AvgIpc) is 2.59.